The van der Waals surface area contributed by atoms with Gasteiger partial charge in [-0.25, -0.2) is 0 Å². The van der Waals surface area contributed by atoms with Crippen molar-refractivity contribution in [1.82, 2.24) is 0 Å². The van der Waals surface area contributed by atoms with Crippen LogP contribution in [-0.2, 0) is 14.9 Å². The molecule has 3 unspecified atom stereocenters. The summed E-state index contributed by atoms with van der Waals surface area (Å²) in [5.41, 5.74) is 2.10. The van der Waals surface area contributed by atoms with Crippen LogP contribution in [0.2, 0.25) is 0 Å². The fourth-order valence-electron chi connectivity index (χ4n) is 6.10. The zero-order chi connectivity index (χ0) is 20.8. The van der Waals surface area contributed by atoms with Gasteiger partial charge in [-0.1, -0.05) is 44.5 Å². The van der Waals surface area contributed by atoms with Gasteiger partial charge in [0.25, 0.3) is 0 Å². The smallest absolute Gasteiger partial charge is 0.315 e. The van der Waals surface area contributed by atoms with Gasteiger partial charge in [-0.2, -0.15) is 0 Å². The average Bonchev–Trinajstić information content (AvgIpc) is 2.70. The number of hydrogen-bond donors (Lipinski definition) is 0. The third-order valence-electron chi connectivity index (χ3n) is 7.11. The number of hydrogen-bond acceptors (Lipinski definition) is 4. The highest BCUT2D eigenvalue weighted by molar-refractivity contribution is 9.25. The number of alkyl halides is 2. The molecule has 5 rings (SSSR count). The van der Waals surface area contributed by atoms with E-state index in [1.54, 1.807) is 14.2 Å². The molecule has 0 aromatic heterocycles. The minimum Gasteiger partial charge on any atom is -0.496 e. The van der Waals surface area contributed by atoms with Gasteiger partial charge in [-0.05, 0) is 62.8 Å². The van der Waals surface area contributed by atoms with Crippen LogP contribution in [0, 0.1) is 17.8 Å². The number of methoxy groups -OCH3 is 2. The number of ether oxygens (including phenoxy) is 4. The first-order valence-corrected chi connectivity index (χ1v) is 12.0. The summed E-state index contributed by atoms with van der Waals surface area (Å²) < 4.78 is 22.8. The van der Waals surface area contributed by atoms with E-state index in [0.29, 0.717) is 12.5 Å². The van der Waals surface area contributed by atoms with Crippen molar-refractivity contribution in [1.29, 1.82) is 0 Å². The van der Waals surface area contributed by atoms with E-state index in [0.717, 1.165) is 41.7 Å². The molecule has 1 aromatic carbocycles. The number of rotatable bonds is 8. The Balaban J connectivity index is 1.86. The third-order valence-corrected chi connectivity index (χ3v) is 9.93. The fourth-order valence-corrected chi connectivity index (χ4v) is 7.92. The summed E-state index contributed by atoms with van der Waals surface area (Å²) in [6, 6.07) is 4.16. The molecule has 6 heteroatoms. The highest BCUT2D eigenvalue weighted by Crippen LogP contribution is 2.71. The Labute approximate surface area is 190 Å². The van der Waals surface area contributed by atoms with E-state index in [2.05, 4.69) is 44.5 Å². The predicted molar refractivity (Wildman–Crippen MR) is 122 cm³/mol. The van der Waals surface area contributed by atoms with Crippen LogP contribution in [0.15, 0.2) is 18.7 Å². The first-order valence-electron chi connectivity index (χ1n) is 10.4. The summed E-state index contributed by atoms with van der Waals surface area (Å²) in [6.07, 6.45) is 8.07. The van der Waals surface area contributed by atoms with Gasteiger partial charge < -0.3 is 18.9 Å². The topological polar surface area (TPSA) is 36.9 Å². The van der Waals surface area contributed by atoms with Gasteiger partial charge >= 0.3 is 6.48 Å². The first-order chi connectivity index (χ1) is 13.9. The highest BCUT2D eigenvalue weighted by atomic mass is 79.9. The van der Waals surface area contributed by atoms with E-state index < -0.39 is 6.48 Å². The van der Waals surface area contributed by atoms with Crippen molar-refractivity contribution in [3.63, 3.8) is 0 Å². The van der Waals surface area contributed by atoms with Crippen molar-refractivity contribution in [3.8, 4) is 11.5 Å². The molecule has 0 spiro atoms. The molecule has 0 amide bonds. The lowest BCUT2D eigenvalue weighted by Crippen LogP contribution is -2.61. The lowest BCUT2D eigenvalue weighted by molar-refractivity contribution is -0.231. The molecule has 0 radical (unpaired) electrons. The van der Waals surface area contributed by atoms with Crippen molar-refractivity contribution in [3.05, 3.63) is 29.8 Å². The zero-order valence-electron chi connectivity index (χ0n) is 17.4. The summed E-state index contributed by atoms with van der Waals surface area (Å²) >= 11 is 8.30. The van der Waals surface area contributed by atoms with E-state index in [4.69, 9.17) is 18.9 Å². The van der Waals surface area contributed by atoms with Crippen LogP contribution >= 0.6 is 31.9 Å². The summed E-state index contributed by atoms with van der Waals surface area (Å²) in [5, 5.41) is 0. The van der Waals surface area contributed by atoms with Crippen LogP contribution < -0.4 is 9.47 Å². The van der Waals surface area contributed by atoms with Crippen LogP contribution in [0.25, 0.3) is 6.08 Å². The second kappa shape index (κ2) is 8.18. The van der Waals surface area contributed by atoms with Crippen molar-refractivity contribution in [2.75, 3.05) is 20.8 Å². The molecule has 29 heavy (non-hydrogen) atoms. The van der Waals surface area contributed by atoms with Crippen LogP contribution in [-0.4, -0.2) is 30.5 Å². The van der Waals surface area contributed by atoms with Gasteiger partial charge in [0.1, 0.15) is 11.5 Å². The molecule has 4 nitrogen and oxygen atoms in total. The number of halogens is 2. The summed E-state index contributed by atoms with van der Waals surface area (Å²) in [4.78, 5) is 0. The van der Waals surface area contributed by atoms with E-state index in [1.807, 2.05) is 19.1 Å². The lowest BCUT2D eigenvalue weighted by atomic mass is 9.47. The molecule has 0 saturated heterocycles. The van der Waals surface area contributed by atoms with Gasteiger partial charge in [-0.15, -0.1) is 0 Å². The molecule has 0 heterocycles. The van der Waals surface area contributed by atoms with E-state index in [-0.39, 0.29) is 8.65 Å². The molecule has 160 valence electrons. The monoisotopic (exact) mass is 528 g/mol. The summed E-state index contributed by atoms with van der Waals surface area (Å²) in [5.74, 6) is 3.65. The Morgan fingerprint density at radius 1 is 1.14 bits per heavy atom. The standard InChI is InChI=1S/C23H30Br2O4/c1-5-16-10-18(20(11-19(16)26-3)29-21(27-4)28-6-2)22-12-14-7-15(13-22)9-17(8-14)23(22,24)25/h5,10-11,14-15,17,21H,1,6-9,12-13H2,2-4H3. The minimum absolute atomic E-state index is 0.0639. The van der Waals surface area contributed by atoms with Crippen LogP contribution in [0.3, 0.4) is 0 Å². The van der Waals surface area contributed by atoms with Crippen molar-refractivity contribution in [2.45, 2.75) is 54.2 Å². The maximum absolute atomic E-state index is 6.26. The van der Waals surface area contributed by atoms with E-state index in [1.165, 1.54) is 24.8 Å². The number of benzene rings is 1. The molecule has 4 fully saturated rings. The first kappa shape index (κ1) is 21.7. The maximum Gasteiger partial charge on any atom is 0.315 e. The molecule has 4 aliphatic carbocycles. The van der Waals surface area contributed by atoms with Crippen LogP contribution in [0.1, 0.15) is 50.2 Å². The van der Waals surface area contributed by atoms with Gasteiger partial charge in [0.2, 0.25) is 0 Å². The average molecular weight is 530 g/mol. The summed E-state index contributed by atoms with van der Waals surface area (Å²) in [6.45, 7) is 5.69. The normalized spacial score (nSPS) is 32.8. The molecule has 0 N–H and O–H groups in total. The van der Waals surface area contributed by atoms with E-state index in [9.17, 15) is 0 Å². The predicted octanol–water partition coefficient (Wildman–Crippen LogP) is 6.25. The van der Waals surface area contributed by atoms with Crippen molar-refractivity contribution < 1.29 is 18.9 Å². The molecular weight excluding hydrogens is 500 g/mol. The second-order valence-corrected chi connectivity index (χ2v) is 12.2. The molecule has 3 atom stereocenters. The SMILES string of the molecule is C=Cc1cc(C23CC4CC(CC(C4)C2(Br)Br)C3)c(OC(OC)OCC)cc1OC. The van der Waals surface area contributed by atoms with Crippen LogP contribution in [0.4, 0.5) is 0 Å². The van der Waals surface area contributed by atoms with Gasteiger partial charge in [0, 0.05) is 29.7 Å². The molecule has 4 saturated carbocycles. The Hall–Kier alpha value is -0.560. The van der Waals surface area contributed by atoms with Gasteiger partial charge in [0.15, 0.2) is 0 Å². The maximum atomic E-state index is 6.26. The van der Waals surface area contributed by atoms with Crippen LogP contribution in [0.5, 0.6) is 11.5 Å². The largest absolute Gasteiger partial charge is 0.496 e. The Bertz CT molecular complexity index is 764. The lowest BCUT2D eigenvalue weighted by Gasteiger charge is -2.64. The Morgan fingerprint density at radius 3 is 2.38 bits per heavy atom. The quantitative estimate of drug-likeness (QED) is 0.294. The highest BCUT2D eigenvalue weighted by Gasteiger charge is 2.65. The Morgan fingerprint density at radius 2 is 1.83 bits per heavy atom. The summed E-state index contributed by atoms with van der Waals surface area (Å²) in [7, 11) is 3.27. The van der Waals surface area contributed by atoms with Crippen molar-refractivity contribution >= 4 is 37.9 Å². The molecule has 1 aromatic rings. The van der Waals surface area contributed by atoms with E-state index >= 15 is 0 Å². The minimum atomic E-state index is -0.757. The second-order valence-electron chi connectivity index (χ2n) is 8.64. The molecular formula is C23H30Br2O4. The Kier molecular flexibility index (Phi) is 6.11. The zero-order valence-corrected chi connectivity index (χ0v) is 20.6. The van der Waals surface area contributed by atoms with Gasteiger partial charge in [0.05, 0.1) is 17.0 Å². The molecule has 4 bridgehead atoms. The fraction of sp³-hybridized carbons (Fsp3) is 0.652. The van der Waals surface area contributed by atoms with Crippen molar-refractivity contribution in [2.24, 2.45) is 17.8 Å². The molecule has 0 aliphatic heterocycles. The van der Waals surface area contributed by atoms with Gasteiger partial charge in [-0.3, -0.25) is 0 Å². The molecule has 4 aliphatic rings. The third kappa shape index (κ3) is 3.48.